The van der Waals surface area contributed by atoms with Crippen LogP contribution in [-0.2, 0) is 73.4 Å². The van der Waals surface area contributed by atoms with Crippen LogP contribution in [0.3, 0.4) is 0 Å². The fourth-order valence-corrected chi connectivity index (χ4v) is 14.0. The second kappa shape index (κ2) is 29.5. The van der Waals surface area contributed by atoms with Crippen molar-refractivity contribution < 1.29 is 60.3 Å². The second-order valence-electron chi connectivity index (χ2n) is 25.7. The molecule has 17 rings (SSSR count). The smallest absolute Gasteiger partial charge is 0.0602 e. The Kier molecular flexibility index (Phi) is 20.6. The zero-order chi connectivity index (χ0) is 65.7. The van der Waals surface area contributed by atoms with Crippen molar-refractivity contribution in [3.05, 3.63) is 307 Å². The van der Waals surface area contributed by atoms with Gasteiger partial charge in [0.1, 0.15) is 0 Å². The Morgan fingerprint density at radius 3 is 1.53 bits per heavy atom. The molecule has 0 saturated carbocycles. The molecule has 9 nitrogen and oxygen atoms in total. The van der Waals surface area contributed by atoms with Gasteiger partial charge in [0.25, 0.3) is 0 Å². The largest absolute Gasteiger partial charge is 0.371 e. The molecule has 3 radical (unpaired) electrons. The van der Waals surface area contributed by atoms with E-state index in [1.165, 1.54) is 110 Å². The molecule has 0 unspecified atom stereocenters. The Hall–Kier alpha value is -9.60. The molecular formula is C87H74Ir3N9-3. The number of aryl methyl sites for hydroxylation is 7. The van der Waals surface area contributed by atoms with E-state index in [0.717, 1.165) is 69.9 Å². The van der Waals surface area contributed by atoms with Crippen molar-refractivity contribution in [2.24, 2.45) is 5.92 Å². The topological polar surface area (TPSA) is 68.2 Å². The summed E-state index contributed by atoms with van der Waals surface area (Å²) in [6.45, 7) is 21.4. The molecule has 6 heterocycles. The molecular weight excluding hydrogens is 1750 g/mol. The number of rotatable bonds is 11. The average molecular weight is 1820 g/mol. The fourth-order valence-electron chi connectivity index (χ4n) is 14.0. The van der Waals surface area contributed by atoms with Crippen LogP contribution >= 0.6 is 0 Å². The van der Waals surface area contributed by atoms with Gasteiger partial charge in [-0.2, -0.15) is 0 Å². The number of fused-ring (bicyclic) bond motifs is 9. The molecule has 0 aliphatic carbocycles. The SMILES string of the molecule is CCn1ccnc1-c1[c-]c(C)c(-n2c3ccccc3c3ccc(C)cc32)c(C)c1.Cc1ccc2c(c1)c1cc(C)ccc1n2-c1c[c-]c(-c2ncc(C)n2CC(C)C)cc1.[Ir].[Ir].[Ir].[c-]1cc(-n2c3ccccc3c3cc(-c4ccccc4)ccc32)ccc1-c1nccn1-c1ccccc1. The summed E-state index contributed by atoms with van der Waals surface area (Å²) in [7, 11) is 0. The first-order valence-corrected chi connectivity index (χ1v) is 33.2. The van der Waals surface area contributed by atoms with Crippen LogP contribution in [0.25, 0.3) is 133 Å². The van der Waals surface area contributed by atoms with E-state index in [0.29, 0.717) is 5.92 Å². The van der Waals surface area contributed by atoms with E-state index >= 15 is 0 Å². The predicted octanol–water partition coefficient (Wildman–Crippen LogP) is 21.5. The number of imidazole rings is 3. The number of hydrogen-bond donors (Lipinski definition) is 0. The Morgan fingerprint density at radius 2 is 0.919 bits per heavy atom. The minimum atomic E-state index is 0. The molecule has 6 aromatic heterocycles. The third-order valence-electron chi connectivity index (χ3n) is 18.5. The molecule has 0 atom stereocenters. The van der Waals surface area contributed by atoms with Gasteiger partial charge in [0.15, 0.2) is 0 Å². The maximum atomic E-state index is 4.68. The standard InChI is InChI=1S/C33H22N3.C28H28N3.C26H24N3.3Ir/c1-3-9-24(10-4-1)26-17-20-32-30(23-26)29-13-7-8-14-31(29)36(32)28-18-15-25(16-19-28)33-34-21-22-35(33)27-11-5-2-6-12-27;1-18(2)17-30-21(5)16-29-28(30)22-8-10-23(11-9-22)31-26-12-6-19(3)14-24(26)25-15-20(4)7-13-27(25)31;1-5-28-13-12-27-26(28)20-15-18(3)25(19(4)16-20)29-23-9-7-6-8-21(23)22-11-10-17(2)14-24(22)29;;;/h1-15,17-23H;6-8,10-16,18H,17H2,1-5H3;6-15H,5H2,1-4H3;;;/q3*-1;;;. The quantitative estimate of drug-likeness (QED) is 0.121. The van der Waals surface area contributed by atoms with Gasteiger partial charge in [-0.25, -0.2) is 0 Å². The van der Waals surface area contributed by atoms with E-state index in [1.54, 1.807) is 0 Å². The molecule has 0 amide bonds. The van der Waals surface area contributed by atoms with Crippen molar-refractivity contribution in [2.45, 2.75) is 75.4 Å². The van der Waals surface area contributed by atoms with Gasteiger partial charge in [-0.05, 0) is 141 Å². The van der Waals surface area contributed by atoms with Gasteiger partial charge in [0, 0.05) is 181 Å². The second-order valence-corrected chi connectivity index (χ2v) is 25.7. The summed E-state index contributed by atoms with van der Waals surface area (Å²) in [5, 5.41) is 7.66. The Morgan fingerprint density at radius 1 is 0.404 bits per heavy atom. The summed E-state index contributed by atoms with van der Waals surface area (Å²) in [6, 6.07) is 90.6. The number of nitrogens with zero attached hydrogens (tertiary/aromatic N) is 9. The summed E-state index contributed by atoms with van der Waals surface area (Å²) in [6.07, 6.45) is 9.67. The Bertz CT molecular complexity index is 5630. The van der Waals surface area contributed by atoms with Crippen molar-refractivity contribution in [2.75, 3.05) is 0 Å². The van der Waals surface area contributed by atoms with Crippen LogP contribution in [0, 0.1) is 65.7 Å². The van der Waals surface area contributed by atoms with Crippen LogP contribution in [0.4, 0.5) is 0 Å². The zero-order valence-electron chi connectivity index (χ0n) is 56.8. The van der Waals surface area contributed by atoms with Gasteiger partial charge < -0.3 is 27.4 Å². The molecule has 0 bridgehead atoms. The number of aromatic nitrogens is 9. The summed E-state index contributed by atoms with van der Waals surface area (Å²) in [4.78, 5) is 13.9. The normalized spacial score (nSPS) is 11.2. The van der Waals surface area contributed by atoms with Gasteiger partial charge in [-0.1, -0.05) is 154 Å². The first-order chi connectivity index (χ1) is 46.9. The number of hydrogen-bond acceptors (Lipinski definition) is 3. The minimum Gasteiger partial charge on any atom is -0.371 e. The van der Waals surface area contributed by atoms with Crippen molar-refractivity contribution in [3.8, 4) is 68.0 Å². The van der Waals surface area contributed by atoms with E-state index in [4.69, 9.17) is 0 Å². The van der Waals surface area contributed by atoms with Crippen LogP contribution in [0.15, 0.2) is 255 Å². The van der Waals surface area contributed by atoms with Crippen molar-refractivity contribution >= 4 is 65.4 Å². The van der Waals surface area contributed by atoms with E-state index in [1.807, 2.05) is 49.2 Å². The van der Waals surface area contributed by atoms with Gasteiger partial charge in [-0.15, -0.1) is 88.5 Å². The van der Waals surface area contributed by atoms with Crippen LogP contribution in [-0.4, -0.2) is 42.4 Å². The first kappa shape index (κ1) is 69.3. The van der Waals surface area contributed by atoms with E-state index < -0.39 is 0 Å². The van der Waals surface area contributed by atoms with Gasteiger partial charge in [0.2, 0.25) is 0 Å². The van der Waals surface area contributed by atoms with Crippen LogP contribution in [0.5, 0.6) is 0 Å². The maximum absolute atomic E-state index is 4.68. The summed E-state index contributed by atoms with van der Waals surface area (Å²) < 4.78 is 13.6. The van der Waals surface area contributed by atoms with Gasteiger partial charge >= 0.3 is 0 Å². The Labute approximate surface area is 619 Å². The molecule has 11 aromatic carbocycles. The monoisotopic (exact) mass is 1820 g/mol. The molecule has 12 heteroatoms. The third-order valence-corrected chi connectivity index (χ3v) is 18.5. The molecule has 0 saturated heterocycles. The molecule has 0 spiro atoms. The van der Waals surface area contributed by atoms with E-state index in [9.17, 15) is 0 Å². The van der Waals surface area contributed by atoms with Gasteiger partial charge in [-0.3, -0.25) is 15.0 Å². The maximum Gasteiger partial charge on any atom is 0.0602 e. The summed E-state index contributed by atoms with van der Waals surface area (Å²) in [5.74, 6) is 3.41. The van der Waals surface area contributed by atoms with E-state index in [-0.39, 0.29) is 60.3 Å². The van der Waals surface area contributed by atoms with Crippen LogP contribution < -0.4 is 0 Å². The Balaban J connectivity index is 0.000000140. The first-order valence-electron chi connectivity index (χ1n) is 33.2. The molecule has 0 N–H and O–H groups in total. The predicted molar refractivity (Wildman–Crippen MR) is 398 cm³/mol. The van der Waals surface area contributed by atoms with Crippen molar-refractivity contribution in [1.82, 2.24) is 42.4 Å². The summed E-state index contributed by atoms with van der Waals surface area (Å²) >= 11 is 0. The van der Waals surface area contributed by atoms with Gasteiger partial charge in [0.05, 0.1) is 17.5 Å². The van der Waals surface area contributed by atoms with Crippen molar-refractivity contribution in [1.29, 1.82) is 0 Å². The van der Waals surface area contributed by atoms with Crippen LogP contribution in [0.2, 0.25) is 0 Å². The number of para-hydroxylation sites is 3. The third kappa shape index (κ3) is 13.2. The molecule has 17 aromatic rings. The fraction of sp³-hybridized carbons (Fsp3) is 0.138. The molecule has 99 heavy (non-hydrogen) atoms. The average Bonchev–Trinajstić information content (AvgIpc) is 1.60. The molecule has 0 fully saturated rings. The van der Waals surface area contributed by atoms with E-state index in [2.05, 4.69) is 329 Å². The minimum absolute atomic E-state index is 0. The molecule has 0 aliphatic rings. The molecule has 497 valence electrons. The number of benzene rings is 11. The zero-order valence-corrected chi connectivity index (χ0v) is 64.0. The molecule has 0 aliphatic heterocycles. The summed E-state index contributed by atoms with van der Waals surface area (Å²) in [5.41, 5.74) is 24.7. The van der Waals surface area contributed by atoms with Crippen molar-refractivity contribution in [3.63, 3.8) is 0 Å². The van der Waals surface area contributed by atoms with Crippen LogP contribution in [0.1, 0.15) is 54.3 Å².